The number of hydrogen-bond donors (Lipinski definition) is 1. The molecule has 0 saturated carbocycles. The monoisotopic (exact) mass is 519 g/mol. The molecular formula is C20H15BrFN5O2S2. The molecule has 31 heavy (non-hydrogen) atoms. The van der Waals surface area contributed by atoms with Crippen LogP contribution in [0.15, 0.2) is 63.5 Å². The molecule has 0 atom stereocenters. The Balaban J connectivity index is 1.43. The van der Waals surface area contributed by atoms with Crippen molar-refractivity contribution in [1.82, 2.24) is 20.0 Å². The van der Waals surface area contributed by atoms with Gasteiger partial charge in [0, 0.05) is 10.2 Å². The van der Waals surface area contributed by atoms with Crippen LogP contribution in [-0.4, -0.2) is 33.0 Å². The van der Waals surface area contributed by atoms with Crippen molar-refractivity contribution in [2.24, 2.45) is 0 Å². The third-order valence-electron chi connectivity index (χ3n) is 4.11. The summed E-state index contributed by atoms with van der Waals surface area (Å²) in [6, 6.07) is 13.8. The number of carbonyl (C=O) groups is 1. The minimum atomic E-state index is -0.474. The van der Waals surface area contributed by atoms with Crippen molar-refractivity contribution >= 4 is 50.1 Å². The van der Waals surface area contributed by atoms with Gasteiger partial charge in [0.15, 0.2) is 15.8 Å². The van der Waals surface area contributed by atoms with Crippen LogP contribution in [0.1, 0.15) is 16.1 Å². The van der Waals surface area contributed by atoms with Gasteiger partial charge < -0.3 is 4.74 Å². The first-order valence-electron chi connectivity index (χ1n) is 8.93. The number of methoxy groups -OCH3 is 1. The van der Waals surface area contributed by atoms with Gasteiger partial charge in [-0.1, -0.05) is 51.2 Å². The molecule has 2 aromatic heterocycles. The molecule has 0 fully saturated rings. The zero-order valence-corrected chi connectivity index (χ0v) is 19.3. The maximum absolute atomic E-state index is 13.2. The Morgan fingerprint density at radius 1 is 1.19 bits per heavy atom. The molecule has 0 spiro atoms. The van der Waals surface area contributed by atoms with Crippen LogP contribution < -0.4 is 10.1 Å². The highest BCUT2D eigenvalue weighted by Gasteiger charge is 2.20. The Morgan fingerprint density at radius 2 is 1.94 bits per heavy atom. The molecule has 0 unspecified atom stereocenters. The van der Waals surface area contributed by atoms with E-state index in [-0.39, 0.29) is 17.3 Å². The minimum Gasteiger partial charge on any atom is -0.493 e. The molecule has 2 aromatic carbocycles. The summed E-state index contributed by atoms with van der Waals surface area (Å²) in [7, 11) is 1.45. The Hall–Kier alpha value is -2.76. The summed E-state index contributed by atoms with van der Waals surface area (Å²) in [5, 5.41) is 15.5. The van der Waals surface area contributed by atoms with Crippen molar-refractivity contribution in [3.8, 4) is 11.4 Å². The van der Waals surface area contributed by atoms with E-state index >= 15 is 0 Å². The van der Waals surface area contributed by atoms with E-state index in [1.807, 2.05) is 24.3 Å². The van der Waals surface area contributed by atoms with Crippen molar-refractivity contribution < 1.29 is 13.9 Å². The third-order valence-corrected chi connectivity index (χ3v) is 6.68. The standard InChI is InChI=1S/C20H15BrFN5O2S2/c1-29-16-10-27(15-8-6-14(22)7-9-15)26-17(16)18(28)23-19-24-25-20(31-19)30-11-12-2-4-13(21)5-3-12/h2-10H,11H2,1H3,(H,23,24,28). The number of amides is 1. The number of anilines is 1. The number of ether oxygens (including phenoxy) is 1. The largest absolute Gasteiger partial charge is 0.493 e. The van der Waals surface area contributed by atoms with E-state index in [0.29, 0.717) is 10.8 Å². The average molecular weight is 520 g/mol. The van der Waals surface area contributed by atoms with Gasteiger partial charge in [0.2, 0.25) is 5.13 Å². The van der Waals surface area contributed by atoms with E-state index in [9.17, 15) is 9.18 Å². The van der Waals surface area contributed by atoms with Crippen molar-refractivity contribution in [1.29, 1.82) is 0 Å². The molecule has 0 saturated heterocycles. The molecule has 0 aliphatic rings. The van der Waals surface area contributed by atoms with Crippen LogP contribution in [0.5, 0.6) is 5.75 Å². The Kier molecular flexibility index (Phi) is 6.64. The predicted molar refractivity (Wildman–Crippen MR) is 122 cm³/mol. The SMILES string of the molecule is COc1cn(-c2ccc(F)cc2)nc1C(=O)Nc1nnc(SCc2ccc(Br)cc2)s1. The maximum atomic E-state index is 13.2. The zero-order chi connectivity index (χ0) is 21.8. The topological polar surface area (TPSA) is 81.9 Å². The Bertz CT molecular complexity index is 1200. The molecule has 1 N–H and O–H groups in total. The second kappa shape index (κ2) is 9.58. The van der Waals surface area contributed by atoms with Gasteiger partial charge in [0.1, 0.15) is 5.82 Å². The summed E-state index contributed by atoms with van der Waals surface area (Å²) < 4.78 is 21.6. The number of nitrogens with zero attached hydrogens (tertiary/aromatic N) is 4. The van der Waals surface area contributed by atoms with Crippen LogP contribution in [0, 0.1) is 5.82 Å². The predicted octanol–water partition coefficient (Wildman–Crippen LogP) is 5.18. The number of nitrogens with one attached hydrogen (secondary N) is 1. The molecule has 7 nitrogen and oxygen atoms in total. The van der Waals surface area contributed by atoms with E-state index in [0.717, 1.165) is 20.1 Å². The molecule has 4 aromatic rings. The van der Waals surface area contributed by atoms with E-state index in [2.05, 4.69) is 36.5 Å². The van der Waals surface area contributed by atoms with Gasteiger partial charge in [-0.25, -0.2) is 9.07 Å². The van der Waals surface area contributed by atoms with Gasteiger partial charge in [-0.05, 0) is 42.0 Å². The Morgan fingerprint density at radius 3 is 2.65 bits per heavy atom. The number of benzene rings is 2. The molecule has 0 radical (unpaired) electrons. The molecule has 4 rings (SSSR count). The minimum absolute atomic E-state index is 0.0890. The lowest BCUT2D eigenvalue weighted by Crippen LogP contribution is -2.14. The van der Waals surface area contributed by atoms with Gasteiger partial charge in [-0.15, -0.1) is 10.2 Å². The molecule has 11 heteroatoms. The fourth-order valence-corrected chi connectivity index (χ4v) is 4.56. The summed E-state index contributed by atoms with van der Waals surface area (Å²) in [6.45, 7) is 0. The number of carbonyl (C=O) groups excluding carboxylic acids is 1. The smallest absolute Gasteiger partial charge is 0.281 e. The van der Waals surface area contributed by atoms with Crippen LogP contribution in [0.25, 0.3) is 5.69 Å². The highest BCUT2D eigenvalue weighted by Crippen LogP contribution is 2.29. The van der Waals surface area contributed by atoms with Gasteiger partial charge in [0.25, 0.3) is 5.91 Å². The third kappa shape index (κ3) is 5.30. The van der Waals surface area contributed by atoms with Crippen molar-refractivity contribution in [3.05, 3.63) is 76.3 Å². The van der Waals surface area contributed by atoms with Crippen LogP contribution in [0.2, 0.25) is 0 Å². The van der Waals surface area contributed by atoms with Crippen LogP contribution in [0.4, 0.5) is 9.52 Å². The number of aromatic nitrogens is 4. The number of rotatable bonds is 7. The van der Waals surface area contributed by atoms with Gasteiger partial charge in [0.05, 0.1) is 19.0 Å². The highest BCUT2D eigenvalue weighted by atomic mass is 79.9. The Labute approximate surface area is 193 Å². The van der Waals surface area contributed by atoms with E-state index < -0.39 is 5.91 Å². The van der Waals surface area contributed by atoms with Crippen LogP contribution >= 0.6 is 39.0 Å². The zero-order valence-electron chi connectivity index (χ0n) is 16.1. The molecular weight excluding hydrogens is 505 g/mol. The lowest BCUT2D eigenvalue weighted by Gasteiger charge is -2.00. The van der Waals surface area contributed by atoms with Gasteiger partial charge in [-0.3, -0.25) is 10.1 Å². The highest BCUT2D eigenvalue weighted by molar-refractivity contribution is 9.10. The summed E-state index contributed by atoms with van der Waals surface area (Å²) in [6.07, 6.45) is 1.56. The molecule has 2 heterocycles. The first-order chi connectivity index (χ1) is 15.0. The molecule has 158 valence electrons. The fraction of sp³-hybridized carbons (Fsp3) is 0.100. The van der Waals surface area contributed by atoms with Crippen molar-refractivity contribution in [2.45, 2.75) is 10.1 Å². The first kappa shape index (κ1) is 21.5. The number of thioether (sulfide) groups is 1. The molecule has 0 aliphatic heterocycles. The maximum Gasteiger partial charge on any atom is 0.281 e. The number of halogens is 2. The second-order valence-corrected chi connectivity index (χ2v) is 9.33. The average Bonchev–Trinajstić information content (AvgIpc) is 3.41. The summed E-state index contributed by atoms with van der Waals surface area (Å²) in [5.41, 5.74) is 1.84. The summed E-state index contributed by atoms with van der Waals surface area (Å²) in [5.74, 6) is 0.201. The lowest BCUT2D eigenvalue weighted by molar-refractivity contribution is 0.101. The summed E-state index contributed by atoms with van der Waals surface area (Å²) in [4.78, 5) is 12.7. The molecule has 0 bridgehead atoms. The van der Waals surface area contributed by atoms with E-state index in [1.54, 1.807) is 18.3 Å². The fourth-order valence-electron chi connectivity index (χ4n) is 2.59. The van der Waals surface area contributed by atoms with Crippen molar-refractivity contribution in [3.63, 3.8) is 0 Å². The first-order valence-corrected chi connectivity index (χ1v) is 11.5. The van der Waals surface area contributed by atoms with Crippen LogP contribution in [-0.2, 0) is 5.75 Å². The van der Waals surface area contributed by atoms with Gasteiger partial charge in [-0.2, -0.15) is 5.10 Å². The van der Waals surface area contributed by atoms with E-state index in [4.69, 9.17) is 4.74 Å². The molecule has 1 amide bonds. The molecule has 0 aliphatic carbocycles. The van der Waals surface area contributed by atoms with Crippen molar-refractivity contribution in [2.75, 3.05) is 12.4 Å². The summed E-state index contributed by atoms with van der Waals surface area (Å²) >= 11 is 6.23. The number of hydrogen-bond acceptors (Lipinski definition) is 7. The van der Waals surface area contributed by atoms with E-state index in [1.165, 1.54) is 47.0 Å². The lowest BCUT2D eigenvalue weighted by atomic mass is 10.2. The quantitative estimate of drug-likeness (QED) is 0.267. The second-order valence-electron chi connectivity index (χ2n) is 6.21. The van der Waals surface area contributed by atoms with Gasteiger partial charge >= 0.3 is 0 Å². The normalized spacial score (nSPS) is 10.8. The van der Waals surface area contributed by atoms with Crippen LogP contribution in [0.3, 0.4) is 0 Å².